The Hall–Kier alpha value is -4.33. The van der Waals surface area contributed by atoms with Crippen LogP contribution in [0.25, 0.3) is 0 Å². The molecule has 0 unspecified atom stereocenters. The van der Waals surface area contributed by atoms with Crippen molar-refractivity contribution >= 4 is 17.7 Å². The number of phenolic OH excluding ortho intramolecular Hbond substituents is 2. The van der Waals surface area contributed by atoms with Crippen LogP contribution in [0.15, 0.2) is 66.7 Å². The number of aromatic hydroxyl groups is 2. The standard InChI is InChI=1S/C28H31N3O5/c1-18(2)31-28(36)23-16-21(26(34)29-13-11-19-3-7-24(32)8-4-19)15-22(17-23)27(35)30-14-12-20-5-9-25(33)10-6-20/h3-10,15-18,32-33H,11-14H2,1-2H3,(H,29,34)(H,30,35)(H,31,36). The number of carbonyl (C=O) groups is 3. The average molecular weight is 490 g/mol. The monoisotopic (exact) mass is 489 g/mol. The summed E-state index contributed by atoms with van der Waals surface area (Å²) in [7, 11) is 0. The van der Waals surface area contributed by atoms with Crippen LogP contribution in [-0.4, -0.2) is 47.1 Å². The van der Waals surface area contributed by atoms with Gasteiger partial charge in [-0.05, 0) is 80.3 Å². The molecule has 0 heterocycles. The normalized spacial score (nSPS) is 10.6. The number of amides is 3. The minimum Gasteiger partial charge on any atom is -0.508 e. The molecule has 188 valence electrons. The highest BCUT2D eigenvalue weighted by Crippen LogP contribution is 2.14. The summed E-state index contributed by atoms with van der Waals surface area (Å²) in [5.74, 6) is -0.819. The number of carbonyl (C=O) groups excluding carboxylic acids is 3. The van der Waals surface area contributed by atoms with Crippen molar-refractivity contribution in [3.63, 3.8) is 0 Å². The zero-order valence-corrected chi connectivity index (χ0v) is 20.4. The first kappa shape index (κ1) is 26.3. The van der Waals surface area contributed by atoms with Crippen molar-refractivity contribution in [2.45, 2.75) is 32.7 Å². The van der Waals surface area contributed by atoms with Crippen molar-refractivity contribution in [2.75, 3.05) is 13.1 Å². The first-order valence-corrected chi connectivity index (χ1v) is 11.8. The van der Waals surface area contributed by atoms with Gasteiger partial charge in [0.05, 0.1) is 0 Å². The Balaban J connectivity index is 1.69. The molecule has 0 aliphatic rings. The molecule has 0 radical (unpaired) electrons. The number of nitrogens with one attached hydrogen (secondary N) is 3. The van der Waals surface area contributed by atoms with Crippen molar-refractivity contribution < 1.29 is 24.6 Å². The molecule has 5 N–H and O–H groups in total. The van der Waals surface area contributed by atoms with Crippen molar-refractivity contribution in [1.29, 1.82) is 0 Å². The third kappa shape index (κ3) is 7.87. The molecule has 0 atom stereocenters. The van der Waals surface area contributed by atoms with E-state index in [1.54, 1.807) is 48.5 Å². The van der Waals surface area contributed by atoms with E-state index in [0.717, 1.165) is 11.1 Å². The molecule has 0 aromatic heterocycles. The number of phenols is 2. The maximum atomic E-state index is 12.9. The quantitative estimate of drug-likeness (QED) is 0.299. The molecule has 8 nitrogen and oxygen atoms in total. The van der Waals surface area contributed by atoms with Crippen molar-refractivity contribution in [3.8, 4) is 11.5 Å². The summed E-state index contributed by atoms with van der Waals surface area (Å²) in [5, 5.41) is 27.2. The van der Waals surface area contributed by atoms with Gasteiger partial charge in [-0.25, -0.2) is 0 Å². The molecule has 0 fully saturated rings. The van der Waals surface area contributed by atoms with Gasteiger partial charge in [0.15, 0.2) is 0 Å². The molecule has 8 heteroatoms. The number of benzene rings is 3. The van der Waals surface area contributed by atoms with Crippen LogP contribution in [0.5, 0.6) is 11.5 Å². The fourth-order valence-corrected chi connectivity index (χ4v) is 3.54. The maximum Gasteiger partial charge on any atom is 0.251 e. The molecule has 3 rings (SSSR count). The van der Waals surface area contributed by atoms with Gasteiger partial charge in [-0.3, -0.25) is 14.4 Å². The number of hydrogen-bond acceptors (Lipinski definition) is 5. The van der Waals surface area contributed by atoms with Crippen molar-refractivity contribution in [3.05, 3.63) is 94.5 Å². The van der Waals surface area contributed by atoms with Gasteiger partial charge in [0.25, 0.3) is 17.7 Å². The van der Waals surface area contributed by atoms with Crippen LogP contribution in [0, 0.1) is 0 Å². The highest BCUT2D eigenvalue weighted by Gasteiger charge is 2.17. The molecule has 0 saturated heterocycles. The zero-order chi connectivity index (χ0) is 26.1. The van der Waals surface area contributed by atoms with Crippen LogP contribution in [-0.2, 0) is 12.8 Å². The van der Waals surface area contributed by atoms with Gasteiger partial charge in [0, 0.05) is 35.8 Å². The van der Waals surface area contributed by atoms with Gasteiger partial charge in [-0.1, -0.05) is 24.3 Å². The largest absolute Gasteiger partial charge is 0.508 e. The topological polar surface area (TPSA) is 128 Å². The molecule has 0 aliphatic carbocycles. The summed E-state index contributed by atoms with van der Waals surface area (Å²) in [6, 6.07) is 17.8. The highest BCUT2D eigenvalue weighted by molar-refractivity contribution is 6.04. The minimum atomic E-state index is -0.397. The second-order valence-corrected chi connectivity index (χ2v) is 8.77. The molecule has 0 aliphatic heterocycles. The Bertz CT molecular complexity index is 1120. The van der Waals surface area contributed by atoms with Crippen LogP contribution in [0.3, 0.4) is 0 Å². The Morgan fingerprint density at radius 3 is 1.36 bits per heavy atom. The van der Waals surface area contributed by atoms with Crippen LogP contribution < -0.4 is 16.0 Å². The van der Waals surface area contributed by atoms with Gasteiger partial charge < -0.3 is 26.2 Å². The lowest BCUT2D eigenvalue weighted by Crippen LogP contribution is -2.32. The molecular weight excluding hydrogens is 458 g/mol. The van der Waals surface area contributed by atoms with Gasteiger partial charge >= 0.3 is 0 Å². The summed E-state index contributed by atoms with van der Waals surface area (Å²) >= 11 is 0. The maximum absolute atomic E-state index is 12.9. The lowest BCUT2D eigenvalue weighted by Gasteiger charge is -2.13. The molecule has 3 amide bonds. The fourth-order valence-electron chi connectivity index (χ4n) is 3.54. The van der Waals surface area contributed by atoms with E-state index in [1.807, 2.05) is 13.8 Å². The molecule has 0 bridgehead atoms. The summed E-state index contributed by atoms with van der Waals surface area (Å²) in [5.41, 5.74) is 2.54. The van der Waals surface area contributed by atoms with E-state index in [-0.39, 0.29) is 40.1 Å². The smallest absolute Gasteiger partial charge is 0.251 e. The fraction of sp³-hybridized carbons (Fsp3) is 0.250. The Labute approximate surface area is 210 Å². The van der Waals surface area contributed by atoms with E-state index in [2.05, 4.69) is 16.0 Å². The molecule has 0 spiro atoms. The summed E-state index contributed by atoms with van der Waals surface area (Å²) in [6.45, 7) is 4.35. The SMILES string of the molecule is CC(C)NC(=O)c1cc(C(=O)NCCc2ccc(O)cc2)cc(C(=O)NCCc2ccc(O)cc2)c1. The van der Waals surface area contributed by atoms with E-state index < -0.39 is 11.8 Å². The Kier molecular flexibility index (Phi) is 9.05. The van der Waals surface area contributed by atoms with E-state index in [9.17, 15) is 24.6 Å². The molecule has 36 heavy (non-hydrogen) atoms. The van der Waals surface area contributed by atoms with Crippen molar-refractivity contribution in [2.24, 2.45) is 0 Å². The minimum absolute atomic E-state index is 0.108. The van der Waals surface area contributed by atoms with Crippen LogP contribution in [0.2, 0.25) is 0 Å². The third-order valence-corrected chi connectivity index (χ3v) is 5.41. The zero-order valence-electron chi connectivity index (χ0n) is 20.4. The first-order valence-electron chi connectivity index (χ1n) is 11.8. The van der Waals surface area contributed by atoms with Crippen LogP contribution in [0.4, 0.5) is 0 Å². The van der Waals surface area contributed by atoms with E-state index in [1.165, 1.54) is 18.2 Å². The molecule has 3 aromatic rings. The van der Waals surface area contributed by atoms with E-state index in [0.29, 0.717) is 25.9 Å². The van der Waals surface area contributed by atoms with E-state index in [4.69, 9.17) is 0 Å². The Morgan fingerprint density at radius 1 is 0.639 bits per heavy atom. The van der Waals surface area contributed by atoms with E-state index >= 15 is 0 Å². The second kappa shape index (κ2) is 12.4. The highest BCUT2D eigenvalue weighted by atomic mass is 16.3. The lowest BCUT2D eigenvalue weighted by molar-refractivity contribution is 0.0943. The molecule has 3 aromatic carbocycles. The lowest BCUT2D eigenvalue weighted by atomic mass is 10.0. The first-order chi connectivity index (χ1) is 17.2. The molecule has 0 saturated carbocycles. The van der Waals surface area contributed by atoms with Gasteiger partial charge in [0.2, 0.25) is 0 Å². The summed E-state index contributed by atoms with van der Waals surface area (Å²) in [6.07, 6.45) is 1.12. The van der Waals surface area contributed by atoms with Crippen molar-refractivity contribution in [1.82, 2.24) is 16.0 Å². The third-order valence-electron chi connectivity index (χ3n) is 5.41. The predicted molar refractivity (Wildman–Crippen MR) is 137 cm³/mol. The van der Waals surface area contributed by atoms with Gasteiger partial charge in [-0.2, -0.15) is 0 Å². The van der Waals surface area contributed by atoms with Gasteiger partial charge in [-0.15, -0.1) is 0 Å². The number of hydrogen-bond donors (Lipinski definition) is 5. The van der Waals surface area contributed by atoms with Crippen LogP contribution >= 0.6 is 0 Å². The van der Waals surface area contributed by atoms with Crippen LogP contribution in [0.1, 0.15) is 56.0 Å². The average Bonchev–Trinajstić information content (AvgIpc) is 2.85. The summed E-state index contributed by atoms with van der Waals surface area (Å²) in [4.78, 5) is 38.3. The predicted octanol–water partition coefficient (Wildman–Crippen LogP) is 3.18. The summed E-state index contributed by atoms with van der Waals surface area (Å²) < 4.78 is 0. The van der Waals surface area contributed by atoms with Gasteiger partial charge in [0.1, 0.15) is 11.5 Å². The number of rotatable bonds is 10. The second-order valence-electron chi connectivity index (χ2n) is 8.77. The molecular formula is C28H31N3O5. The Morgan fingerprint density at radius 2 is 1.00 bits per heavy atom.